The fraction of sp³-hybridized carbons (Fsp3) is 0.350. The first-order valence-corrected chi connectivity index (χ1v) is 10.0. The Labute approximate surface area is 181 Å². The summed E-state index contributed by atoms with van der Waals surface area (Å²) in [6.45, 7) is 4.65. The summed E-state index contributed by atoms with van der Waals surface area (Å²) in [4.78, 5) is 41.2. The van der Waals surface area contributed by atoms with Gasteiger partial charge < -0.3 is 15.0 Å². The van der Waals surface area contributed by atoms with E-state index < -0.39 is 24.3 Å². The van der Waals surface area contributed by atoms with E-state index in [4.69, 9.17) is 16.3 Å². The number of fused-ring (bicyclic) bond motifs is 1. The molecule has 3 heterocycles. The molecule has 2 unspecified atom stereocenters. The number of nitrogens with zero attached hydrogens (tertiary/aromatic N) is 4. The molecule has 0 saturated carbocycles. The Morgan fingerprint density at radius 2 is 2.03 bits per heavy atom. The van der Waals surface area contributed by atoms with E-state index in [-0.39, 0.29) is 24.1 Å². The van der Waals surface area contributed by atoms with Crippen molar-refractivity contribution in [3.05, 3.63) is 51.0 Å². The van der Waals surface area contributed by atoms with E-state index >= 15 is 0 Å². The van der Waals surface area contributed by atoms with E-state index in [1.54, 1.807) is 38.1 Å². The second kappa shape index (κ2) is 8.10. The first-order chi connectivity index (χ1) is 14.7. The Bertz CT molecular complexity index is 1220. The number of carbonyl (C=O) groups is 1. The highest BCUT2D eigenvalue weighted by Gasteiger charge is 2.40. The Balaban J connectivity index is 1.65. The second-order valence-corrected chi connectivity index (χ2v) is 7.79. The van der Waals surface area contributed by atoms with Crippen molar-refractivity contribution in [1.29, 1.82) is 0 Å². The fourth-order valence-electron chi connectivity index (χ4n) is 3.43. The molecule has 2 N–H and O–H groups in total. The molecule has 162 valence electrons. The smallest absolute Gasteiger partial charge is 0.417 e. The number of alkyl halides is 1. The second-order valence-electron chi connectivity index (χ2n) is 7.35. The van der Waals surface area contributed by atoms with Gasteiger partial charge in [-0.15, -0.1) is 0 Å². The van der Waals surface area contributed by atoms with Gasteiger partial charge in [-0.25, -0.2) is 14.1 Å². The van der Waals surface area contributed by atoms with E-state index in [9.17, 15) is 14.0 Å². The van der Waals surface area contributed by atoms with E-state index in [1.165, 1.54) is 6.92 Å². The van der Waals surface area contributed by atoms with E-state index in [1.807, 2.05) is 0 Å². The number of H-pyrrole nitrogens is 1. The van der Waals surface area contributed by atoms with Crippen LogP contribution in [0.2, 0.25) is 5.02 Å². The number of hydrogen-bond donors (Lipinski definition) is 2. The Morgan fingerprint density at radius 1 is 1.26 bits per heavy atom. The molecule has 3 atom stereocenters. The normalized spacial score (nSPS) is 18.2. The fourth-order valence-corrected chi connectivity index (χ4v) is 3.61. The lowest BCUT2D eigenvalue weighted by Crippen LogP contribution is -2.40. The van der Waals surface area contributed by atoms with Gasteiger partial charge in [0, 0.05) is 21.5 Å². The molecule has 4 rings (SSSR count). The van der Waals surface area contributed by atoms with Gasteiger partial charge in [0.05, 0.1) is 6.04 Å². The summed E-state index contributed by atoms with van der Waals surface area (Å²) in [6, 6.07) is 5.62. The van der Waals surface area contributed by atoms with Crippen LogP contribution in [0.5, 0.6) is 0 Å². The highest BCUT2D eigenvalue weighted by atomic mass is 35.5. The van der Waals surface area contributed by atoms with Crippen molar-refractivity contribution in [3.8, 4) is 0 Å². The molecule has 1 amide bonds. The zero-order valence-electron chi connectivity index (χ0n) is 17.0. The average molecular weight is 447 g/mol. The van der Waals surface area contributed by atoms with Gasteiger partial charge in [0.1, 0.15) is 24.6 Å². The number of amides is 1. The summed E-state index contributed by atoms with van der Waals surface area (Å²) in [5.41, 5.74) is 0.850. The molecule has 1 saturated heterocycles. The summed E-state index contributed by atoms with van der Waals surface area (Å²) in [5, 5.41) is 4.39. The number of aromatic nitrogens is 4. The largest absolute Gasteiger partial charge is 0.447 e. The SMILES string of the molecule is Cc1nc(NC(C)c2cc3cc(Cl)ccc3[nH]c2=O)nc(N2C(=O)OC[C@@H]2C(C)F)n1. The maximum atomic E-state index is 13.9. The third-order valence-corrected chi connectivity index (χ3v) is 5.27. The van der Waals surface area contributed by atoms with Gasteiger partial charge in [-0.2, -0.15) is 15.0 Å². The molecule has 9 nitrogen and oxygen atoms in total. The van der Waals surface area contributed by atoms with E-state index in [0.717, 1.165) is 10.3 Å². The highest BCUT2D eigenvalue weighted by Crippen LogP contribution is 2.25. The van der Waals surface area contributed by atoms with Crippen LogP contribution >= 0.6 is 11.6 Å². The predicted molar refractivity (Wildman–Crippen MR) is 114 cm³/mol. The standard InChI is InChI=1S/C20H20ClFN6O3/c1-9(22)16-8-31-20(30)28(16)19-25-11(3)24-18(27-19)23-10(2)14-7-12-6-13(21)4-5-15(12)26-17(14)29/h4-7,9-10,16H,8H2,1-3H3,(H,26,29)(H,23,24,25,27)/t9?,10?,16-/m1/s1. The summed E-state index contributed by atoms with van der Waals surface area (Å²) in [5.74, 6) is 0.452. The minimum atomic E-state index is -1.33. The van der Waals surface area contributed by atoms with Crippen molar-refractivity contribution < 1.29 is 13.9 Å². The summed E-state index contributed by atoms with van der Waals surface area (Å²) < 4.78 is 18.9. The van der Waals surface area contributed by atoms with Crippen LogP contribution in [0.1, 0.15) is 31.3 Å². The van der Waals surface area contributed by atoms with Gasteiger partial charge in [0.25, 0.3) is 5.56 Å². The summed E-state index contributed by atoms with van der Waals surface area (Å²) in [6.07, 6.45) is -2.05. The number of halogens is 2. The number of aromatic amines is 1. The van der Waals surface area contributed by atoms with Gasteiger partial charge in [-0.1, -0.05) is 11.6 Å². The predicted octanol–water partition coefficient (Wildman–Crippen LogP) is 3.53. The van der Waals surface area contributed by atoms with Crippen molar-refractivity contribution in [2.75, 3.05) is 16.8 Å². The van der Waals surface area contributed by atoms with Crippen LogP contribution in [0.3, 0.4) is 0 Å². The van der Waals surface area contributed by atoms with Crippen LogP contribution in [-0.4, -0.2) is 44.8 Å². The number of benzene rings is 1. The molecular formula is C20H20ClFN6O3. The molecule has 0 radical (unpaired) electrons. The first kappa shape index (κ1) is 21.0. The van der Waals surface area contributed by atoms with Crippen LogP contribution in [0, 0.1) is 6.92 Å². The van der Waals surface area contributed by atoms with Gasteiger partial charge in [-0.05, 0) is 45.0 Å². The summed E-state index contributed by atoms with van der Waals surface area (Å²) in [7, 11) is 0. The topological polar surface area (TPSA) is 113 Å². The highest BCUT2D eigenvalue weighted by molar-refractivity contribution is 6.31. The average Bonchev–Trinajstić information content (AvgIpc) is 3.09. The number of ether oxygens (including phenoxy) is 1. The monoisotopic (exact) mass is 446 g/mol. The van der Waals surface area contributed by atoms with Gasteiger partial charge in [-0.3, -0.25) is 4.79 Å². The van der Waals surface area contributed by atoms with Crippen molar-refractivity contribution >= 4 is 40.5 Å². The minimum absolute atomic E-state index is 0.0154. The van der Waals surface area contributed by atoms with Crippen molar-refractivity contribution in [3.63, 3.8) is 0 Å². The number of hydrogen-bond acceptors (Lipinski definition) is 7. The number of pyridine rings is 1. The van der Waals surface area contributed by atoms with Crippen LogP contribution < -0.4 is 15.8 Å². The lowest BCUT2D eigenvalue weighted by atomic mass is 10.1. The van der Waals surface area contributed by atoms with E-state index in [0.29, 0.717) is 21.9 Å². The molecule has 31 heavy (non-hydrogen) atoms. The first-order valence-electron chi connectivity index (χ1n) is 9.64. The molecular weight excluding hydrogens is 427 g/mol. The molecule has 0 aliphatic carbocycles. The molecule has 3 aromatic rings. The van der Waals surface area contributed by atoms with Crippen LogP contribution in [0.25, 0.3) is 10.9 Å². The van der Waals surface area contributed by atoms with Crippen LogP contribution in [-0.2, 0) is 4.74 Å². The zero-order chi connectivity index (χ0) is 22.3. The van der Waals surface area contributed by atoms with Crippen LogP contribution in [0.15, 0.2) is 29.1 Å². The molecule has 1 fully saturated rings. The third kappa shape index (κ3) is 4.15. The maximum Gasteiger partial charge on any atom is 0.417 e. The molecule has 2 aromatic heterocycles. The number of anilines is 2. The van der Waals surface area contributed by atoms with Crippen molar-refractivity contribution in [2.24, 2.45) is 0 Å². The number of nitrogens with one attached hydrogen (secondary N) is 2. The van der Waals surface area contributed by atoms with Crippen molar-refractivity contribution in [1.82, 2.24) is 19.9 Å². The Kier molecular flexibility index (Phi) is 5.48. The molecule has 0 bridgehead atoms. The minimum Gasteiger partial charge on any atom is -0.447 e. The molecule has 1 aromatic carbocycles. The quantitative estimate of drug-likeness (QED) is 0.616. The lowest BCUT2D eigenvalue weighted by molar-refractivity contribution is 0.174. The Hall–Kier alpha value is -3.27. The molecule has 1 aliphatic heterocycles. The number of carbonyl (C=O) groups excluding carboxylic acids is 1. The lowest BCUT2D eigenvalue weighted by Gasteiger charge is -2.21. The zero-order valence-corrected chi connectivity index (χ0v) is 17.8. The number of cyclic esters (lactones) is 1. The number of aryl methyl sites for hydroxylation is 1. The number of rotatable bonds is 5. The van der Waals surface area contributed by atoms with Crippen LogP contribution in [0.4, 0.5) is 21.1 Å². The molecule has 0 spiro atoms. The molecule has 1 aliphatic rings. The third-order valence-electron chi connectivity index (χ3n) is 5.03. The van der Waals surface area contributed by atoms with Crippen molar-refractivity contribution in [2.45, 2.75) is 39.0 Å². The van der Waals surface area contributed by atoms with E-state index in [2.05, 4.69) is 25.3 Å². The Morgan fingerprint density at radius 3 is 2.77 bits per heavy atom. The van der Waals surface area contributed by atoms with Gasteiger partial charge >= 0.3 is 6.09 Å². The summed E-state index contributed by atoms with van der Waals surface area (Å²) >= 11 is 6.06. The maximum absolute atomic E-state index is 13.9. The van der Waals surface area contributed by atoms with Gasteiger partial charge in [0.2, 0.25) is 11.9 Å². The van der Waals surface area contributed by atoms with Gasteiger partial charge in [0.15, 0.2) is 0 Å². The molecule has 11 heteroatoms.